The summed E-state index contributed by atoms with van der Waals surface area (Å²) in [5.74, 6) is 0. The molecule has 0 aliphatic rings. The van der Waals surface area contributed by atoms with Crippen molar-refractivity contribution in [3.8, 4) is 0 Å². The highest BCUT2D eigenvalue weighted by Crippen LogP contribution is 2.29. The molecule has 0 saturated heterocycles. The zero-order valence-corrected chi connectivity index (χ0v) is 11.2. The maximum atomic E-state index is 12.3. The van der Waals surface area contributed by atoms with E-state index in [2.05, 4.69) is 4.72 Å². The molecule has 0 fully saturated rings. The highest BCUT2D eigenvalue weighted by atomic mass is 32.2. The molecule has 94 valence electrons. The quantitative estimate of drug-likeness (QED) is 0.838. The number of benzene rings is 2. The minimum atomic E-state index is -1.11. The van der Waals surface area contributed by atoms with Gasteiger partial charge in [0.15, 0.2) is 5.25 Å². The molecule has 1 atom stereocenters. The molecule has 2 aromatic carbocycles. The van der Waals surface area contributed by atoms with E-state index in [1.807, 2.05) is 67.6 Å². The molecule has 0 amide bonds. The van der Waals surface area contributed by atoms with Crippen LogP contribution in [0.15, 0.2) is 60.7 Å². The SMILES string of the molecule is CCN[S+]([O-])C(c1ccccc1)c1ccccc1. The van der Waals surface area contributed by atoms with Gasteiger partial charge in [-0.2, -0.15) is 0 Å². The summed E-state index contributed by atoms with van der Waals surface area (Å²) in [7, 11) is 0. The molecule has 2 aromatic rings. The van der Waals surface area contributed by atoms with Gasteiger partial charge in [0, 0.05) is 17.7 Å². The van der Waals surface area contributed by atoms with E-state index in [9.17, 15) is 4.55 Å². The van der Waals surface area contributed by atoms with E-state index in [1.54, 1.807) is 0 Å². The van der Waals surface area contributed by atoms with Gasteiger partial charge in [-0.25, -0.2) is 0 Å². The van der Waals surface area contributed by atoms with Gasteiger partial charge in [0.05, 0.1) is 11.4 Å². The van der Waals surface area contributed by atoms with Crippen LogP contribution in [0.2, 0.25) is 0 Å². The summed E-state index contributed by atoms with van der Waals surface area (Å²) in [5, 5.41) is -0.118. The lowest BCUT2D eigenvalue weighted by Crippen LogP contribution is -2.29. The zero-order valence-electron chi connectivity index (χ0n) is 10.4. The Morgan fingerprint density at radius 1 is 0.944 bits per heavy atom. The molecule has 1 unspecified atom stereocenters. The second kappa shape index (κ2) is 6.59. The van der Waals surface area contributed by atoms with Crippen LogP contribution in [-0.4, -0.2) is 11.1 Å². The first-order chi connectivity index (χ1) is 8.83. The Kier molecular flexibility index (Phi) is 4.81. The van der Waals surface area contributed by atoms with Crippen LogP contribution in [-0.2, 0) is 11.4 Å². The molecule has 0 heterocycles. The number of hydrogen-bond acceptors (Lipinski definition) is 2. The van der Waals surface area contributed by atoms with E-state index >= 15 is 0 Å². The predicted octanol–water partition coefficient (Wildman–Crippen LogP) is 3.05. The van der Waals surface area contributed by atoms with Gasteiger partial charge >= 0.3 is 0 Å². The Hall–Kier alpha value is -1.29. The first-order valence-corrected chi connectivity index (χ1v) is 7.28. The molecular formula is C15H17NOS. The minimum absolute atomic E-state index is 0.118. The van der Waals surface area contributed by atoms with Crippen molar-refractivity contribution in [3.63, 3.8) is 0 Å². The third-order valence-electron chi connectivity index (χ3n) is 2.71. The smallest absolute Gasteiger partial charge is 0.185 e. The van der Waals surface area contributed by atoms with E-state index in [1.165, 1.54) is 0 Å². The lowest BCUT2D eigenvalue weighted by atomic mass is 10.0. The van der Waals surface area contributed by atoms with Gasteiger partial charge in [-0.1, -0.05) is 60.7 Å². The van der Waals surface area contributed by atoms with E-state index in [4.69, 9.17) is 0 Å². The third-order valence-corrected chi connectivity index (χ3v) is 4.25. The normalized spacial score (nSPS) is 12.6. The van der Waals surface area contributed by atoms with Crippen molar-refractivity contribution in [3.05, 3.63) is 71.8 Å². The van der Waals surface area contributed by atoms with E-state index < -0.39 is 11.4 Å². The molecule has 0 aliphatic heterocycles. The molecule has 0 bridgehead atoms. The lowest BCUT2D eigenvalue weighted by molar-refractivity contribution is 0.575. The van der Waals surface area contributed by atoms with Gasteiger partial charge in [0.1, 0.15) is 0 Å². The van der Waals surface area contributed by atoms with Gasteiger partial charge in [0.2, 0.25) is 0 Å². The first-order valence-electron chi connectivity index (χ1n) is 6.07. The highest BCUT2D eigenvalue weighted by Gasteiger charge is 2.26. The van der Waals surface area contributed by atoms with E-state index in [0.29, 0.717) is 6.54 Å². The van der Waals surface area contributed by atoms with Crippen LogP contribution >= 0.6 is 0 Å². The summed E-state index contributed by atoms with van der Waals surface area (Å²) in [4.78, 5) is 0. The van der Waals surface area contributed by atoms with Crippen molar-refractivity contribution >= 4 is 11.4 Å². The van der Waals surface area contributed by atoms with Gasteiger partial charge in [-0.15, -0.1) is 4.72 Å². The van der Waals surface area contributed by atoms with Crippen LogP contribution in [0.25, 0.3) is 0 Å². The highest BCUT2D eigenvalue weighted by molar-refractivity contribution is 7.89. The lowest BCUT2D eigenvalue weighted by Gasteiger charge is -2.21. The Morgan fingerprint density at radius 3 is 1.78 bits per heavy atom. The predicted molar refractivity (Wildman–Crippen MR) is 76.5 cm³/mol. The van der Waals surface area contributed by atoms with Crippen molar-refractivity contribution in [1.82, 2.24) is 4.72 Å². The van der Waals surface area contributed by atoms with Crippen LogP contribution < -0.4 is 4.72 Å². The molecule has 0 saturated carbocycles. The molecule has 0 aliphatic carbocycles. The Morgan fingerprint density at radius 2 is 1.39 bits per heavy atom. The first kappa shape index (κ1) is 13.1. The molecule has 1 N–H and O–H groups in total. The molecule has 2 rings (SSSR count). The summed E-state index contributed by atoms with van der Waals surface area (Å²) in [5.41, 5.74) is 2.14. The van der Waals surface area contributed by atoms with Gasteiger partial charge in [0.25, 0.3) is 0 Å². The maximum Gasteiger partial charge on any atom is 0.185 e. The standard InChI is InChI=1S/C15H17NOS/c1-2-16-18(17)15(13-9-5-3-6-10-13)14-11-7-4-8-12-14/h3-12,15-16H,2H2,1H3. The summed E-state index contributed by atoms with van der Waals surface area (Å²) in [6, 6.07) is 20.0. The Bertz CT molecular complexity index is 421. The molecule has 18 heavy (non-hydrogen) atoms. The molecule has 2 nitrogen and oxygen atoms in total. The topological polar surface area (TPSA) is 35.1 Å². The van der Waals surface area contributed by atoms with Crippen LogP contribution in [0.1, 0.15) is 23.3 Å². The fourth-order valence-electron chi connectivity index (χ4n) is 1.92. The van der Waals surface area contributed by atoms with Crippen LogP contribution in [0.5, 0.6) is 0 Å². The molecular weight excluding hydrogens is 242 g/mol. The maximum absolute atomic E-state index is 12.3. The van der Waals surface area contributed by atoms with Crippen molar-refractivity contribution in [2.75, 3.05) is 6.54 Å². The molecule has 0 aromatic heterocycles. The van der Waals surface area contributed by atoms with Crippen LogP contribution in [0.3, 0.4) is 0 Å². The van der Waals surface area contributed by atoms with E-state index in [-0.39, 0.29) is 5.25 Å². The minimum Gasteiger partial charge on any atom is -0.597 e. The summed E-state index contributed by atoms with van der Waals surface area (Å²) < 4.78 is 15.4. The fourth-order valence-corrected chi connectivity index (χ4v) is 3.18. The van der Waals surface area contributed by atoms with Gasteiger partial charge < -0.3 is 4.55 Å². The summed E-state index contributed by atoms with van der Waals surface area (Å²) >= 11 is -1.11. The second-order valence-electron chi connectivity index (χ2n) is 4.00. The fraction of sp³-hybridized carbons (Fsp3) is 0.200. The average Bonchev–Trinajstić information content (AvgIpc) is 2.42. The molecule has 0 spiro atoms. The number of rotatable bonds is 5. The zero-order chi connectivity index (χ0) is 12.8. The Labute approximate surface area is 111 Å². The Balaban J connectivity index is 2.35. The van der Waals surface area contributed by atoms with Crippen molar-refractivity contribution < 1.29 is 4.55 Å². The summed E-state index contributed by atoms with van der Waals surface area (Å²) in [6.45, 7) is 2.66. The largest absolute Gasteiger partial charge is 0.597 e. The van der Waals surface area contributed by atoms with Crippen molar-refractivity contribution in [2.45, 2.75) is 12.2 Å². The molecule has 3 heteroatoms. The van der Waals surface area contributed by atoms with Gasteiger partial charge in [-0.3, -0.25) is 0 Å². The monoisotopic (exact) mass is 259 g/mol. The number of hydrogen-bond donors (Lipinski definition) is 1. The van der Waals surface area contributed by atoms with Crippen LogP contribution in [0, 0.1) is 0 Å². The average molecular weight is 259 g/mol. The second-order valence-corrected chi connectivity index (χ2v) is 5.35. The molecule has 0 radical (unpaired) electrons. The summed E-state index contributed by atoms with van der Waals surface area (Å²) in [6.07, 6.45) is 0. The third kappa shape index (κ3) is 3.13. The number of nitrogens with one attached hydrogen (secondary N) is 1. The van der Waals surface area contributed by atoms with Crippen molar-refractivity contribution in [2.24, 2.45) is 0 Å². The van der Waals surface area contributed by atoms with Crippen LogP contribution in [0.4, 0.5) is 0 Å². The van der Waals surface area contributed by atoms with E-state index in [0.717, 1.165) is 11.1 Å². The van der Waals surface area contributed by atoms with Crippen molar-refractivity contribution in [1.29, 1.82) is 0 Å². The van der Waals surface area contributed by atoms with Gasteiger partial charge in [-0.05, 0) is 6.92 Å².